The molecule has 0 aliphatic carbocycles. The molecule has 1 aliphatic heterocycles. The summed E-state index contributed by atoms with van der Waals surface area (Å²) < 4.78 is 0. The molecule has 2 aromatic heterocycles. The molecule has 0 unspecified atom stereocenters. The van der Waals surface area contributed by atoms with Crippen LogP contribution in [0.1, 0.15) is 0 Å². The zero-order valence-electron chi connectivity index (χ0n) is 13.8. The molecule has 0 saturated carbocycles. The summed E-state index contributed by atoms with van der Waals surface area (Å²) in [5, 5.41) is 0.751. The molecule has 0 amide bonds. The lowest BCUT2D eigenvalue weighted by Crippen LogP contribution is -2.47. The maximum atomic E-state index is 6.27. The van der Waals surface area contributed by atoms with E-state index in [9.17, 15) is 0 Å². The molecule has 5 heteroatoms. The van der Waals surface area contributed by atoms with Crippen molar-refractivity contribution in [3.63, 3.8) is 0 Å². The molecule has 25 heavy (non-hydrogen) atoms. The molecule has 1 aliphatic rings. The molecule has 4 nitrogen and oxygen atoms in total. The molecule has 0 spiro atoms. The predicted octanol–water partition coefficient (Wildman–Crippen LogP) is 4.12. The van der Waals surface area contributed by atoms with E-state index in [1.165, 1.54) is 0 Å². The normalized spacial score (nSPS) is 14.6. The number of halogens is 1. The lowest BCUT2D eigenvalue weighted by Gasteiger charge is -2.36. The minimum atomic E-state index is 0.751. The summed E-state index contributed by atoms with van der Waals surface area (Å²) in [7, 11) is 0. The van der Waals surface area contributed by atoms with Gasteiger partial charge >= 0.3 is 0 Å². The average molecular weight is 351 g/mol. The van der Waals surface area contributed by atoms with Crippen molar-refractivity contribution in [1.29, 1.82) is 0 Å². The van der Waals surface area contributed by atoms with Crippen molar-refractivity contribution >= 4 is 23.2 Å². The Bertz CT molecular complexity index is 828. The van der Waals surface area contributed by atoms with Crippen molar-refractivity contribution in [2.45, 2.75) is 0 Å². The second-order valence-electron chi connectivity index (χ2n) is 6.05. The highest BCUT2D eigenvalue weighted by atomic mass is 35.5. The van der Waals surface area contributed by atoms with E-state index in [1.807, 2.05) is 48.8 Å². The molecule has 0 bridgehead atoms. The summed E-state index contributed by atoms with van der Waals surface area (Å²) in [5.41, 5.74) is 2.06. The maximum Gasteiger partial charge on any atom is 0.128 e. The van der Waals surface area contributed by atoms with Gasteiger partial charge in [0.2, 0.25) is 0 Å². The lowest BCUT2D eigenvalue weighted by molar-refractivity contribution is 0.642. The largest absolute Gasteiger partial charge is 0.353 e. The van der Waals surface area contributed by atoms with E-state index >= 15 is 0 Å². The van der Waals surface area contributed by atoms with Crippen molar-refractivity contribution in [3.05, 3.63) is 72.0 Å². The van der Waals surface area contributed by atoms with E-state index in [0.29, 0.717) is 0 Å². The Morgan fingerprint density at radius 1 is 0.720 bits per heavy atom. The van der Waals surface area contributed by atoms with Gasteiger partial charge in [-0.3, -0.25) is 0 Å². The Labute approximate surface area is 152 Å². The Morgan fingerprint density at radius 2 is 1.40 bits per heavy atom. The van der Waals surface area contributed by atoms with Gasteiger partial charge in [0, 0.05) is 54.7 Å². The number of anilines is 2. The Morgan fingerprint density at radius 3 is 2.00 bits per heavy atom. The molecule has 1 fully saturated rings. The topological polar surface area (TPSA) is 32.3 Å². The minimum Gasteiger partial charge on any atom is -0.353 e. The number of hydrogen-bond acceptors (Lipinski definition) is 4. The van der Waals surface area contributed by atoms with Crippen LogP contribution in [0.25, 0.3) is 11.1 Å². The SMILES string of the molecule is Clc1ccccc1-c1ccc(N2CCN(c3ccccn3)CC2)nc1. The van der Waals surface area contributed by atoms with Gasteiger partial charge in [-0.15, -0.1) is 0 Å². The summed E-state index contributed by atoms with van der Waals surface area (Å²) in [6.07, 6.45) is 3.75. The van der Waals surface area contributed by atoms with Gasteiger partial charge in [-0.25, -0.2) is 9.97 Å². The van der Waals surface area contributed by atoms with Gasteiger partial charge in [-0.2, -0.15) is 0 Å². The van der Waals surface area contributed by atoms with Crippen LogP contribution in [0.15, 0.2) is 67.0 Å². The number of aromatic nitrogens is 2. The minimum absolute atomic E-state index is 0.751. The highest BCUT2D eigenvalue weighted by Crippen LogP contribution is 2.28. The van der Waals surface area contributed by atoms with Crippen molar-refractivity contribution in [1.82, 2.24) is 9.97 Å². The zero-order chi connectivity index (χ0) is 17.1. The number of rotatable bonds is 3. The van der Waals surface area contributed by atoms with Crippen LogP contribution < -0.4 is 9.80 Å². The number of nitrogens with zero attached hydrogens (tertiary/aromatic N) is 4. The third kappa shape index (κ3) is 3.44. The fraction of sp³-hybridized carbons (Fsp3) is 0.200. The van der Waals surface area contributed by atoms with Crippen LogP contribution in [0.3, 0.4) is 0 Å². The van der Waals surface area contributed by atoms with Gasteiger partial charge in [0.15, 0.2) is 0 Å². The first kappa shape index (κ1) is 15.9. The van der Waals surface area contributed by atoms with Gasteiger partial charge in [0.1, 0.15) is 11.6 Å². The summed E-state index contributed by atoms with van der Waals surface area (Å²) in [5.74, 6) is 2.06. The first-order chi connectivity index (χ1) is 12.3. The third-order valence-electron chi connectivity index (χ3n) is 4.51. The molecule has 0 N–H and O–H groups in total. The van der Waals surface area contributed by atoms with Crippen LogP contribution in [-0.2, 0) is 0 Å². The molecule has 0 radical (unpaired) electrons. The van der Waals surface area contributed by atoms with E-state index in [2.05, 4.69) is 38.0 Å². The standard InChI is InChI=1S/C20H19ClN4/c21-18-6-2-1-5-17(18)16-8-9-20(23-15-16)25-13-11-24(12-14-25)19-7-3-4-10-22-19/h1-10,15H,11-14H2. The lowest BCUT2D eigenvalue weighted by atomic mass is 10.1. The summed E-state index contributed by atoms with van der Waals surface area (Å²) in [6, 6.07) is 18.1. The molecular weight excluding hydrogens is 332 g/mol. The Kier molecular flexibility index (Phi) is 4.53. The average Bonchev–Trinajstić information content (AvgIpc) is 2.69. The number of pyridine rings is 2. The van der Waals surface area contributed by atoms with Crippen LogP contribution in [0, 0.1) is 0 Å². The monoisotopic (exact) mass is 350 g/mol. The maximum absolute atomic E-state index is 6.27. The number of piperazine rings is 1. The highest BCUT2D eigenvalue weighted by molar-refractivity contribution is 6.33. The molecule has 126 valence electrons. The van der Waals surface area contributed by atoms with E-state index in [-0.39, 0.29) is 0 Å². The highest BCUT2D eigenvalue weighted by Gasteiger charge is 2.18. The second-order valence-corrected chi connectivity index (χ2v) is 6.45. The molecule has 3 heterocycles. The molecule has 4 rings (SSSR count). The van der Waals surface area contributed by atoms with Crippen molar-refractivity contribution in [2.24, 2.45) is 0 Å². The van der Waals surface area contributed by atoms with Crippen LogP contribution in [0.5, 0.6) is 0 Å². The third-order valence-corrected chi connectivity index (χ3v) is 4.84. The summed E-state index contributed by atoms with van der Waals surface area (Å²) in [6.45, 7) is 3.78. The number of hydrogen-bond donors (Lipinski definition) is 0. The summed E-state index contributed by atoms with van der Waals surface area (Å²) >= 11 is 6.27. The predicted molar refractivity (Wildman–Crippen MR) is 103 cm³/mol. The van der Waals surface area contributed by atoms with Gasteiger partial charge in [0.25, 0.3) is 0 Å². The van der Waals surface area contributed by atoms with Gasteiger partial charge in [-0.1, -0.05) is 35.9 Å². The van der Waals surface area contributed by atoms with Crippen LogP contribution in [-0.4, -0.2) is 36.1 Å². The fourth-order valence-corrected chi connectivity index (χ4v) is 3.38. The quantitative estimate of drug-likeness (QED) is 0.711. The van der Waals surface area contributed by atoms with Gasteiger partial charge in [-0.05, 0) is 30.3 Å². The first-order valence-corrected chi connectivity index (χ1v) is 8.81. The Balaban J connectivity index is 1.44. The zero-order valence-corrected chi connectivity index (χ0v) is 14.6. The van der Waals surface area contributed by atoms with Crippen LogP contribution in [0.2, 0.25) is 5.02 Å². The summed E-state index contributed by atoms with van der Waals surface area (Å²) in [4.78, 5) is 13.7. The molecule has 0 atom stereocenters. The molecule has 1 saturated heterocycles. The Hall–Kier alpha value is -2.59. The van der Waals surface area contributed by atoms with Crippen molar-refractivity contribution < 1.29 is 0 Å². The van der Waals surface area contributed by atoms with Gasteiger partial charge < -0.3 is 9.80 Å². The van der Waals surface area contributed by atoms with Crippen LogP contribution in [0.4, 0.5) is 11.6 Å². The fourth-order valence-electron chi connectivity index (χ4n) is 3.13. The van der Waals surface area contributed by atoms with Gasteiger partial charge in [0.05, 0.1) is 0 Å². The smallest absolute Gasteiger partial charge is 0.128 e. The van der Waals surface area contributed by atoms with E-state index in [1.54, 1.807) is 0 Å². The van der Waals surface area contributed by atoms with E-state index in [0.717, 1.165) is 54.0 Å². The van der Waals surface area contributed by atoms with Crippen molar-refractivity contribution in [3.8, 4) is 11.1 Å². The van der Waals surface area contributed by atoms with Crippen LogP contribution >= 0.6 is 11.6 Å². The first-order valence-electron chi connectivity index (χ1n) is 8.43. The van der Waals surface area contributed by atoms with Crippen molar-refractivity contribution in [2.75, 3.05) is 36.0 Å². The second kappa shape index (κ2) is 7.11. The molecule has 3 aromatic rings. The molecule has 1 aromatic carbocycles. The molecular formula is C20H19ClN4. The van der Waals surface area contributed by atoms with E-state index < -0.39 is 0 Å². The number of benzene rings is 1. The van der Waals surface area contributed by atoms with E-state index in [4.69, 9.17) is 11.6 Å².